The molecule has 10 heavy (non-hydrogen) atoms. The fourth-order valence-corrected chi connectivity index (χ4v) is 0.579. The summed E-state index contributed by atoms with van der Waals surface area (Å²) < 4.78 is 0. The van der Waals surface area contributed by atoms with Crippen LogP contribution < -0.4 is 5.73 Å². The first-order valence-electron chi connectivity index (χ1n) is 3.20. The van der Waals surface area contributed by atoms with E-state index in [-0.39, 0.29) is 11.9 Å². The third kappa shape index (κ3) is 2.64. The number of carbonyl (C=O) groups is 1. The summed E-state index contributed by atoms with van der Waals surface area (Å²) in [6.45, 7) is 6.00. The molecule has 0 aromatic heterocycles. The van der Waals surface area contributed by atoms with Gasteiger partial charge in [-0.3, -0.25) is 9.69 Å². The summed E-state index contributed by atoms with van der Waals surface area (Å²) in [6, 6.07) is -0.210. The average Bonchev–Trinajstić information content (AvgIpc) is 1.87. The molecule has 3 heteroatoms. The van der Waals surface area contributed by atoms with Crippen molar-refractivity contribution < 1.29 is 4.79 Å². The lowest BCUT2D eigenvalue weighted by Gasteiger charge is -2.19. The summed E-state index contributed by atoms with van der Waals surface area (Å²) in [4.78, 5) is 12.4. The normalized spacial score (nSPS) is 13.1. The molecule has 0 spiro atoms. The highest BCUT2D eigenvalue weighted by Gasteiger charge is 2.12. The largest absolute Gasteiger partial charge is 0.368 e. The molecule has 0 rings (SSSR count). The van der Waals surface area contributed by atoms with Gasteiger partial charge in [-0.2, -0.15) is 0 Å². The number of nitrogens with two attached hydrogens (primary N) is 1. The first-order chi connectivity index (χ1) is 4.59. The van der Waals surface area contributed by atoms with E-state index in [0.717, 1.165) is 0 Å². The van der Waals surface area contributed by atoms with Crippen LogP contribution in [0, 0.1) is 0 Å². The number of likely N-dealkylation sites (N-methyl/N-ethyl adjacent to an activating group) is 1. The van der Waals surface area contributed by atoms with Crippen LogP contribution in [0.2, 0.25) is 0 Å². The van der Waals surface area contributed by atoms with E-state index in [1.54, 1.807) is 13.0 Å². The molecule has 0 aromatic rings. The molecule has 58 valence electrons. The van der Waals surface area contributed by atoms with Crippen molar-refractivity contribution in [3.8, 4) is 0 Å². The first-order valence-corrected chi connectivity index (χ1v) is 3.20. The van der Waals surface area contributed by atoms with Gasteiger partial charge in [0.1, 0.15) is 0 Å². The minimum Gasteiger partial charge on any atom is -0.368 e. The van der Waals surface area contributed by atoms with E-state index >= 15 is 0 Å². The van der Waals surface area contributed by atoms with Gasteiger partial charge in [0.2, 0.25) is 5.91 Å². The lowest BCUT2D eigenvalue weighted by atomic mass is 10.3. The third-order valence-electron chi connectivity index (χ3n) is 1.49. The van der Waals surface area contributed by atoms with Crippen LogP contribution in [0.25, 0.3) is 0 Å². The number of hydrogen-bond donors (Lipinski definition) is 1. The van der Waals surface area contributed by atoms with Crippen LogP contribution in [0.15, 0.2) is 12.7 Å². The van der Waals surface area contributed by atoms with E-state index < -0.39 is 0 Å². The summed E-state index contributed by atoms with van der Waals surface area (Å²) in [5, 5.41) is 0. The molecule has 0 radical (unpaired) electrons. The van der Waals surface area contributed by atoms with E-state index in [2.05, 4.69) is 6.58 Å². The predicted octanol–water partition coefficient (Wildman–Crippen LogP) is -0.0220. The van der Waals surface area contributed by atoms with Crippen LogP contribution in [-0.2, 0) is 4.79 Å². The van der Waals surface area contributed by atoms with Crippen molar-refractivity contribution >= 4 is 5.91 Å². The second-order valence-electron chi connectivity index (χ2n) is 2.31. The van der Waals surface area contributed by atoms with Crippen molar-refractivity contribution in [3.63, 3.8) is 0 Å². The Morgan fingerprint density at radius 3 is 2.70 bits per heavy atom. The van der Waals surface area contributed by atoms with Crippen molar-refractivity contribution in [1.82, 2.24) is 4.90 Å². The maximum absolute atomic E-state index is 10.6. The summed E-state index contributed by atoms with van der Waals surface area (Å²) >= 11 is 0. The summed E-state index contributed by atoms with van der Waals surface area (Å²) in [6.07, 6.45) is 1.74. The molecular weight excluding hydrogens is 128 g/mol. The van der Waals surface area contributed by atoms with E-state index in [4.69, 9.17) is 5.73 Å². The standard InChI is InChI=1S/C7H14N2O/c1-4-5-9(3)6(2)7(8)10/h4,6H,1,5H2,2-3H3,(H2,8,10). The number of primary amides is 1. The summed E-state index contributed by atoms with van der Waals surface area (Å²) in [5.74, 6) is -0.302. The zero-order chi connectivity index (χ0) is 8.15. The minimum atomic E-state index is -0.302. The lowest BCUT2D eigenvalue weighted by molar-refractivity contribution is -0.122. The molecule has 0 bridgehead atoms. The van der Waals surface area contributed by atoms with E-state index in [9.17, 15) is 4.79 Å². The van der Waals surface area contributed by atoms with E-state index in [1.807, 2.05) is 11.9 Å². The second kappa shape index (κ2) is 4.06. The predicted molar refractivity (Wildman–Crippen MR) is 41.5 cm³/mol. The van der Waals surface area contributed by atoms with Crippen LogP contribution >= 0.6 is 0 Å². The van der Waals surface area contributed by atoms with Gasteiger partial charge in [0.25, 0.3) is 0 Å². The maximum atomic E-state index is 10.6. The van der Waals surface area contributed by atoms with Gasteiger partial charge in [-0.05, 0) is 14.0 Å². The monoisotopic (exact) mass is 142 g/mol. The zero-order valence-electron chi connectivity index (χ0n) is 6.50. The topological polar surface area (TPSA) is 46.3 Å². The van der Waals surface area contributed by atoms with Gasteiger partial charge in [0.15, 0.2) is 0 Å². The average molecular weight is 142 g/mol. The molecule has 0 saturated heterocycles. The highest BCUT2D eigenvalue weighted by atomic mass is 16.1. The van der Waals surface area contributed by atoms with Crippen molar-refractivity contribution in [2.24, 2.45) is 5.73 Å². The Bertz CT molecular complexity index is 134. The van der Waals surface area contributed by atoms with Crippen molar-refractivity contribution in [3.05, 3.63) is 12.7 Å². The zero-order valence-corrected chi connectivity index (χ0v) is 6.50. The van der Waals surface area contributed by atoms with Crippen LogP contribution in [0.4, 0.5) is 0 Å². The molecule has 0 fully saturated rings. The van der Waals surface area contributed by atoms with Crippen molar-refractivity contribution in [2.75, 3.05) is 13.6 Å². The van der Waals surface area contributed by atoms with Crippen LogP contribution in [-0.4, -0.2) is 30.4 Å². The smallest absolute Gasteiger partial charge is 0.234 e. The molecule has 0 aliphatic heterocycles. The first kappa shape index (κ1) is 9.17. The molecule has 3 nitrogen and oxygen atoms in total. The van der Waals surface area contributed by atoms with Crippen LogP contribution in [0.5, 0.6) is 0 Å². The van der Waals surface area contributed by atoms with Crippen LogP contribution in [0.3, 0.4) is 0 Å². The van der Waals surface area contributed by atoms with Gasteiger partial charge in [0.05, 0.1) is 6.04 Å². The minimum absolute atomic E-state index is 0.210. The number of amides is 1. The number of rotatable bonds is 4. The number of hydrogen-bond acceptors (Lipinski definition) is 2. The Morgan fingerprint density at radius 2 is 2.40 bits per heavy atom. The number of nitrogens with zero attached hydrogens (tertiary/aromatic N) is 1. The molecule has 0 aromatic carbocycles. The lowest BCUT2D eigenvalue weighted by Crippen LogP contribution is -2.40. The SMILES string of the molecule is C=CCN(C)C(C)C(N)=O. The molecule has 1 atom stereocenters. The quantitative estimate of drug-likeness (QED) is 0.561. The van der Waals surface area contributed by atoms with Crippen molar-refractivity contribution in [1.29, 1.82) is 0 Å². The molecule has 0 heterocycles. The molecule has 1 amide bonds. The Balaban J connectivity index is 3.80. The fourth-order valence-electron chi connectivity index (χ4n) is 0.579. The van der Waals surface area contributed by atoms with E-state index in [1.165, 1.54) is 0 Å². The molecule has 1 unspecified atom stereocenters. The fraction of sp³-hybridized carbons (Fsp3) is 0.571. The van der Waals surface area contributed by atoms with Gasteiger partial charge in [-0.25, -0.2) is 0 Å². The van der Waals surface area contributed by atoms with E-state index in [0.29, 0.717) is 6.54 Å². The highest BCUT2D eigenvalue weighted by molar-refractivity contribution is 5.79. The maximum Gasteiger partial charge on any atom is 0.234 e. The second-order valence-corrected chi connectivity index (χ2v) is 2.31. The van der Waals surface area contributed by atoms with Gasteiger partial charge in [-0.15, -0.1) is 6.58 Å². The highest BCUT2D eigenvalue weighted by Crippen LogP contribution is 1.92. The summed E-state index contributed by atoms with van der Waals surface area (Å²) in [7, 11) is 1.83. The molecule has 0 aliphatic rings. The molecule has 0 saturated carbocycles. The van der Waals surface area contributed by atoms with Crippen molar-refractivity contribution in [2.45, 2.75) is 13.0 Å². The van der Waals surface area contributed by atoms with Gasteiger partial charge in [-0.1, -0.05) is 6.08 Å². The number of carbonyl (C=O) groups excluding carboxylic acids is 1. The Morgan fingerprint density at radius 1 is 1.90 bits per heavy atom. The Hall–Kier alpha value is -0.830. The van der Waals surface area contributed by atoms with Crippen LogP contribution in [0.1, 0.15) is 6.92 Å². The molecule has 0 aliphatic carbocycles. The molecule has 2 N–H and O–H groups in total. The third-order valence-corrected chi connectivity index (χ3v) is 1.49. The van der Waals surface area contributed by atoms with Gasteiger partial charge < -0.3 is 5.73 Å². The van der Waals surface area contributed by atoms with Gasteiger partial charge >= 0.3 is 0 Å². The Labute approximate surface area is 61.5 Å². The molecular formula is C7H14N2O. The summed E-state index contributed by atoms with van der Waals surface area (Å²) in [5.41, 5.74) is 5.05. The Kier molecular flexibility index (Phi) is 3.72. The van der Waals surface area contributed by atoms with Gasteiger partial charge in [0, 0.05) is 6.54 Å².